The molecule has 0 aromatic rings. The van der Waals surface area contributed by atoms with Crippen LogP contribution in [-0.2, 0) is 7.59 Å². The molecule has 0 radical (unpaired) electrons. The van der Waals surface area contributed by atoms with Crippen molar-refractivity contribution in [1.29, 1.82) is 0 Å². The quantitative estimate of drug-likeness (QED) is 0.287. The summed E-state index contributed by atoms with van der Waals surface area (Å²) in [5.41, 5.74) is 0. The molecule has 0 spiro atoms. The van der Waals surface area contributed by atoms with Crippen molar-refractivity contribution in [2.45, 2.75) is 0 Å². The van der Waals surface area contributed by atoms with E-state index in [4.69, 9.17) is 0 Å². The summed E-state index contributed by atoms with van der Waals surface area (Å²) < 4.78 is 13.9. The topological polar surface area (TPSA) is 26.3 Å². The van der Waals surface area contributed by atoms with E-state index in [2.05, 4.69) is 10.4 Å². The van der Waals surface area contributed by atoms with E-state index >= 15 is 0 Å². The number of rotatable bonds is 3. The van der Waals surface area contributed by atoms with E-state index in [1.807, 2.05) is 0 Å². The van der Waals surface area contributed by atoms with Gasteiger partial charge in [0.05, 0.1) is 0 Å². The first kappa shape index (κ1) is 5.87. The van der Waals surface area contributed by atoms with Crippen LogP contribution in [-0.4, -0.2) is 22.1 Å². The normalized spacial score (nSPS) is 6.00. The standard InChI is InChI=1S/C3H5O.Al.O/c1-2-3-4;;/h2H,1,3H2;;/q-1;+1;. The van der Waals surface area contributed by atoms with E-state index in [0.717, 1.165) is 0 Å². The van der Waals surface area contributed by atoms with Crippen LogP contribution in [0.5, 0.6) is 0 Å². The zero-order valence-corrected chi connectivity index (χ0v) is 4.54. The molecule has 0 fully saturated rings. The van der Waals surface area contributed by atoms with Gasteiger partial charge in [0, 0.05) is 0 Å². The molecule has 6 heavy (non-hydrogen) atoms. The zero-order valence-electron chi connectivity index (χ0n) is 3.39. The fraction of sp³-hybridized carbons (Fsp3) is 0.333. The molecule has 0 bridgehead atoms. The van der Waals surface area contributed by atoms with Crippen LogP contribution in [0.4, 0.5) is 0 Å². The molecule has 0 unspecified atom stereocenters. The summed E-state index contributed by atoms with van der Waals surface area (Å²) in [6.07, 6.45) is 1.56. The second kappa shape index (κ2) is 4.87. The summed E-state index contributed by atoms with van der Waals surface area (Å²) in [6.45, 7) is 3.75. The van der Waals surface area contributed by atoms with Crippen LogP contribution in [0.2, 0.25) is 0 Å². The van der Waals surface area contributed by atoms with Gasteiger partial charge in [-0.1, -0.05) is 0 Å². The zero-order chi connectivity index (χ0) is 4.83. The summed E-state index contributed by atoms with van der Waals surface area (Å²) in [4.78, 5) is 0. The van der Waals surface area contributed by atoms with E-state index in [0.29, 0.717) is 6.61 Å². The SMILES string of the molecule is C=CC[O][Al]=[O]. The molecular weight excluding hydrogens is 95.0 g/mol. The van der Waals surface area contributed by atoms with Crippen LogP contribution in [0.15, 0.2) is 12.7 Å². The van der Waals surface area contributed by atoms with Crippen molar-refractivity contribution in [3.63, 3.8) is 0 Å². The third kappa shape index (κ3) is 3.87. The summed E-state index contributed by atoms with van der Waals surface area (Å²) in [7, 11) is 0. The van der Waals surface area contributed by atoms with E-state index in [1.165, 1.54) is 0 Å². The van der Waals surface area contributed by atoms with Gasteiger partial charge in [-0.2, -0.15) is 0 Å². The molecule has 0 aromatic carbocycles. The van der Waals surface area contributed by atoms with Gasteiger partial charge in [0.1, 0.15) is 0 Å². The molecule has 0 atom stereocenters. The molecule has 0 saturated heterocycles. The molecule has 0 N–H and O–H groups in total. The van der Waals surface area contributed by atoms with Crippen LogP contribution >= 0.6 is 0 Å². The van der Waals surface area contributed by atoms with Crippen molar-refractivity contribution in [3.05, 3.63) is 12.7 Å². The Balaban J connectivity index is 2.66. The third-order valence-electron chi connectivity index (χ3n) is 0.282. The van der Waals surface area contributed by atoms with Crippen molar-refractivity contribution in [2.24, 2.45) is 0 Å². The Hall–Kier alpha value is -0.128. The van der Waals surface area contributed by atoms with Crippen LogP contribution < -0.4 is 0 Å². The predicted octanol–water partition coefficient (Wildman–Crippen LogP) is 0.154. The molecule has 2 nitrogen and oxygen atoms in total. The average molecular weight is 100 g/mol. The van der Waals surface area contributed by atoms with Crippen LogP contribution in [0.1, 0.15) is 0 Å². The van der Waals surface area contributed by atoms with E-state index in [-0.39, 0.29) is 0 Å². The Bertz CT molecular complexity index is 44.8. The van der Waals surface area contributed by atoms with Gasteiger partial charge in [0.15, 0.2) is 0 Å². The van der Waals surface area contributed by atoms with Gasteiger partial charge in [-0.3, -0.25) is 0 Å². The predicted molar refractivity (Wildman–Crippen MR) is 22.6 cm³/mol. The van der Waals surface area contributed by atoms with E-state index in [1.54, 1.807) is 6.08 Å². The third-order valence-corrected chi connectivity index (χ3v) is 0.611. The molecule has 0 amide bonds. The van der Waals surface area contributed by atoms with Gasteiger partial charge in [-0.15, -0.1) is 0 Å². The Labute approximate surface area is 43.1 Å². The minimum atomic E-state index is -1.04. The maximum atomic E-state index is 9.50. The molecule has 0 saturated carbocycles. The Morgan fingerprint density at radius 3 is 2.83 bits per heavy atom. The molecule has 0 heterocycles. The summed E-state index contributed by atoms with van der Waals surface area (Å²) >= 11 is -1.04. The Morgan fingerprint density at radius 1 is 2.00 bits per heavy atom. The van der Waals surface area contributed by atoms with Crippen LogP contribution in [0.3, 0.4) is 0 Å². The van der Waals surface area contributed by atoms with E-state index in [9.17, 15) is 3.80 Å². The Morgan fingerprint density at radius 2 is 2.67 bits per heavy atom. The molecule has 0 rings (SSSR count). The van der Waals surface area contributed by atoms with Gasteiger partial charge in [0.2, 0.25) is 0 Å². The summed E-state index contributed by atoms with van der Waals surface area (Å²) in [6, 6.07) is 0. The van der Waals surface area contributed by atoms with Crippen LogP contribution in [0.25, 0.3) is 0 Å². The second-order valence-corrected chi connectivity index (χ2v) is 1.24. The van der Waals surface area contributed by atoms with Gasteiger partial charge < -0.3 is 0 Å². The van der Waals surface area contributed by atoms with E-state index < -0.39 is 15.5 Å². The molecule has 0 aliphatic heterocycles. The molecule has 0 aliphatic rings. The van der Waals surface area contributed by atoms with Gasteiger partial charge in [-0.25, -0.2) is 0 Å². The van der Waals surface area contributed by atoms with Crippen molar-refractivity contribution in [3.8, 4) is 0 Å². The molecule has 3 heteroatoms. The van der Waals surface area contributed by atoms with Crippen molar-refractivity contribution >= 4 is 15.5 Å². The molecule has 32 valence electrons. The van der Waals surface area contributed by atoms with Gasteiger partial charge in [0.25, 0.3) is 0 Å². The fourth-order valence-electron chi connectivity index (χ4n) is 0.107. The second-order valence-electron chi connectivity index (χ2n) is 0.718. The first-order chi connectivity index (χ1) is 2.91. The monoisotopic (exact) mass is 100 g/mol. The summed E-state index contributed by atoms with van der Waals surface area (Å²) in [5.74, 6) is 0. The van der Waals surface area contributed by atoms with Crippen molar-refractivity contribution < 1.29 is 7.59 Å². The van der Waals surface area contributed by atoms with Crippen LogP contribution in [0, 0.1) is 0 Å². The number of hydrogen-bond donors (Lipinski definition) is 0. The fourth-order valence-corrected chi connectivity index (χ4v) is 0.322. The molecular formula is C3H5AlO2. The van der Waals surface area contributed by atoms with Crippen molar-refractivity contribution in [1.82, 2.24) is 0 Å². The Kier molecular flexibility index (Phi) is 4.77. The first-order valence-electron chi connectivity index (χ1n) is 1.58. The molecule has 0 aliphatic carbocycles. The van der Waals surface area contributed by atoms with Gasteiger partial charge >= 0.3 is 42.3 Å². The maximum absolute atomic E-state index is 9.50. The summed E-state index contributed by atoms with van der Waals surface area (Å²) in [5, 5.41) is 0. The number of hydrogen-bond acceptors (Lipinski definition) is 2. The molecule has 0 aromatic heterocycles. The van der Waals surface area contributed by atoms with Gasteiger partial charge in [-0.05, 0) is 0 Å². The minimum absolute atomic E-state index is 0.402. The first-order valence-corrected chi connectivity index (χ1v) is 2.52. The average Bonchev–Trinajstić information content (AvgIpc) is 1.61. The van der Waals surface area contributed by atoms with Crippen molar-refractivity contribution in [2.75, 3.05) is 6.61 Å².